The van der Waals surface area contributed by atoms with Gasteiger partial charge in [-0.3, -0.25) is 4.79 Å². The predicted molar refractivity (Wildman–Crippen MR) is 241 cm³/mol. The summed E-state index contributed by atoms with van der Waals surface area (Å²) in [4.78, 5) is 22.7. The second kappa shape index (κ2) is 19.1. The number of carbonyl (C=O) groups is 1. The lowest BCUT2D eigenvalue weighted by molar-refractivity contribution is -0.254. The van der Waals surface area contributed by atoms with Crippen LogP contribution in [0.15, 0.2) is 133 Å². The Kier molecular flexibility index (Phi) is 13.2. The molecule has 6 atom stereocenters. The van der Waals surface area contributed by atoms with E-state index in [0.717, 1.165) is 69.8 Å². The second-order valence-electron chi connectivity index (χ2n) is 16.6. The van der Waals surface area contributed by atoms with E-state index in [-0.39, 0.29) is 43.5 Å². The molecule has 0 aromatic heterocycles. The third-order valence-electron chi connectivity index (χ3n) is 12.9. The molecule has 5 aromatic carbocycles. The summed E-state index contributed by atoms with van der Waals surface area (Å²) in [7, 11) is 1.57. The molecule has 9 heteroatoms. The molecule has 1 amide bonds. The summed E-state index contributed by atoms with van der Waals surface area (Å²) in [5.41, 5.74) is 3.37. The molecule has 9 nitrogen and oxygen atoms in total. The Morgan fingerprint density at radius 1 is 0.869 bits per heavy atom. The smallest absolute Gasteiger partial charge is 0.254 e. The number of allylic oxidation sites excluding steroid dienone is 1. The first kappa shape index (κ1) is 42.2. The second-order valence-corrected chi connectivity index (χ2v) is 16.6. The molecular weight excluding hydrogens is 765 g/mol. The number of rotatable bonds is 18. The van der Waals surface area contributed by atoms with E-state index in [0.29, 0.717) is 49.3 Å². The lowest BCUT2D eigenvalue weighted by Crippen LogP contribution is -2.70. The monoisotopic (exact) mass is 822 g/mol. The first-order valence-corrected chi connectivity index (χ1v) is 22.0. The Morgan fingerprint density at radius 2 is 1.54 bits per heavy atom. The van der Waals surface area contributed by atoms with Crippen molar-refractivity contribution in [3.8, 4) is 17.2 Å². The normalized spacial score (nSPS) is 23.4. The highest BCUT2D eigenvalue weighted by atomic mass is 16.7. The maximum absolute atomic E-state index is 15.1. The summed E-state index contributed by atoms with van der Waals surface area (Å²) in [6.07, 6.45) is 9.96. The number of aliphatic hydroxyl groups excluding tert-OH is 2. The van der Waals surface area contributed by atoms with Crippen LogP contribution in [0.3, 0.4) is 0 Å². The highest BCUT2D eigenvalue weighted by Gasteiger charge is 2.65. The minimum Gasteiger partial charge on any atom is -0.459 e. The van der Waals surface area contributed by atoms with Crippen LogP contribution in [0.25, 0.3) is 21.5 Å². The number of hydrogen-bond acceptors (Lipinski definition) is 8. The van der Waals surface area contributed by atoms with Crippen LogP contribution in [0.2, 0.25) is 0 Å². The topological polar surface area (TPSA) is 110 Å². The molecule has 1 fully saturated rings. The van der Waals surface area contributed by atoms with Crippen molar-refractivity contribution in [3.63, 3.8) is 0 Å². The molecule has 0 saturated heterocycles. The van der Waals surface area contributed by atoms with Gasteiger partial charge in [0.15, 0.2) is 0 Å². The molecule has 61 heavy (non-hydrogen) atoms. The Bertz CT molecular complexity index is 2410. The third kappa shape index (κ3) is 8.44. The highest BCUT2D eigenvalue weighted by Crippen LogP contribution is 2.62. The number of oxime groups is 1. The van der Waals surface area contributed by atoms with Crippen LogP contribution in [0.5, 0.6) is 17.2 Å². The van der Waals surface area contributed by atoms with Gasteiger partial charge in [0.2, 0.25) is 5.79 Å². The molecule has 8 rings (SSSR count). The Labute approximate surface area is 359 Å². The third-order valence-corrected chi connectivity index (χ3v) is 12.9. The molecule has 3 aliphatic rings. The summed E-state index contributed by atoms with van der Waals surface area (Å²) >= 11 is 0. The van der Waals surface area contributed by atoms with E-state index < -0.39 is 17.7 Å². The predicted octanol–water partition coefficient (Wildman–Crippen LogP) is 10.6. The van der Waals surface area contributed by atoms with Gasteiger partial charge in [0.25, 0.3) is 5.91 Å². The van der Waals surface area contributed by atoms with Crippen molar-refractivity contribution in [2.45, 2.75) is 76.0 Å². The van der Waals surface area contributed by atoms with Gasteiger partial charge in [-0.15, -0.1) is 6.58 Å². The van der Waals surface area contributed by atoms with Crippen LogP contribution in [0.4, 0.5) is 0 Å². The largest absolute Gasteiger partial charge is 0.459 e. The Balaban J connectivity index is 1.31. The van der Waals surface area contributed by atoms with Crippen LogP contribution in [-0.2, 0) is 9.57 Å². The van der Waals surface area contributed by atoms with Crippen molar-refractivity contribution in [1.29, 1.82) is 0 Å². The molecule has 1 heterocycles. The number of ether oxygens (including phenoxy) is 3. The van der Waals surface area contributed by atoms with Gasteiger partial charge < -0.3 is 34.2 Å². The highest BCUT2D eigenvalue weighted by molar-refractivity contribution is 6.04. The SMILES string of the molecule is C=CCO[C@@]12Oc3ccc(Oc4ccc5ccccc5c4)cc3[C@H]3[C@H](CCCCO)[C@@H](CCCCO)C=C(C(=NOC)C[C@@H]1N(CCC)C(=O)c1ccc4ccccc4c1)[C@H]32. The molecular formula is C52H58N2O7. The van der Waals surface area contributed by atoms with Crippen LogP contribution < -0.4 is 9.47 Å². The molecule has 318 valence electrons. The van der Waals surface area contributed by atoms with Crippen molar-refractivity contribution in [3.05, 3.63) is 139 Å². The van der Waals surface area contributed by atoms with Gasteiger partial charge in [-0.1, -0.05) is 97.7 Å². The number of benzene rings is 5. The van der Waals surface area contributed by atoms with Gasteiger partial charge in [0, 0.05) is 43.2 Å². The fourth-order valence-electron chi connectivity index (χ4n) is 10.3. The van der Waals surface area contributed by atoms with Gasteiger partial charge in [-0.2, -0.15) is 0 Å². The van der Waals surface area contributed by atoms with Gasteiger partial charge in [-0.05, 0) is 114 Å². The fraction of sp³-hybridized carbons (Fsp3) is 0.385. The van der Waals surface area contributed by atoms with E-state index in [1.165, 1.54) is 0 Å². The summed E-state index contributed by atoms with van der Waals surface area (Å²) in [5, 5.41) is 28.9. The van der Waals surface area contributed by atoms with E-state index >= 15 is 4.79 Å². The maximum Gasteiger partial charge on any atom is 0.254 e. The molecule has 0 spiro atoms. The Morgan fingerprint density at radius 3 is 2.25 bits per heavy atom. The van der Waals surface area contributed by atoms with Crippen LogP contribution in [-0.4, -0.2) is 72.0 Å². The zero-order valence-electron chi connectivity index (χ0n) is 35.4. The Hall–Kier alpha value is -5.48. The van der Waals surface area contributed by atoms with Crippen molar-refractivity contribution in [2.24, 2.45) is 22.9 Å². The fourth-order valence-corrected chi connectivity index (χ4v) is 10.3. The molecule has 0 bridgehead atoms. The number of aliphatic hydroxyl groups is 2. The first-order valence-electron chi connectivity index (χ1n) is 22.0. The van der Waals surface area contributed by atoms with E-state index in [4.69, 9.17) is 24.2 Å². The summed E-state index contributed by atoms with van der Waals surface area (Å²) in [5.74, 6) is 0.336. The van der Waals surface area contributed by atoms with E-state index in [1.54, 1.807) is 13.2 Å². The van der Waals surface area contributed by atoms with Crippen molar-refractivity contribution >= 4 is 33.2 Å². The molecule has 2 N–H and O–H groups in total. The van der Waals surface area contributed by atoms with Crippen LogP contribution in [0, 0.1) is 17.8 Å². The molecule has 0 radical (unpaired) electrons. The summed E-state index contributed by atoms with van der Waals surface area (Å²) < 4.78 is 21.2. The maximum atomic E-state index is 15.1. The molecule has 5 aromatic rings. The van der Waals surface area contributed by atoms with Gasteiger partial charge in [0.05, 0.1) is 18.2 Å². The quantitative estimate of drug-likeness (QED) is 0.0514. The lowest BCUT2D eigenvalue weighted by Gasteiger charge is -2.60. The molecule has 0 unspecified atom stereocenters. The average molecular weight is 823 g/mol. The summed E-state index contributed by atoms with van der Waals surface area (Å²) in [6, 6.07) is 33.8. The molecule has 1 aliphatic heterocycles. The minimum absolute atomic E-state index is 0.0997. The van der Waals surface area contributed by atoms with E-state index in [1.807, 2.05) is 71.6 Å². The summed E-state index contributed by atoms with van der Waals surface area (Å²) in [6.45, 7) is 7.06. The number of carbonyl (C=O) groups excluding carboxylic acids is 1. The lowest BCUT2D eigenvalue weighted by atomic mass is 9.55. The standard InChI is InChI=1S/C52H58N2O7/c1-4-26-54(51(57)40-21-20-35-14-6-8-16-37(35)30-40)48-34-46(53-58-3)44-32-39(18-10-12-27-55)43(19-11-13-28-56)49-45-33-42(60-41-23-22-36-15-7-9-17-38(36)31-41)24-25-47(45)61-52(48,50(44)49)59-29-5-2/h5-9,14-17,20-25,30-33,39,43,48-50,55-56H,2,4,10-13,18-19,26-29,34H2,1,3H3/t39-,43+,48-,49+,50+,52+/m0/s1. The number of unbranched alkanes of at least 4 members (excludes halogenated alkanes) is 2. The van der Waals surface area contributed by atoms with Gasteiger partial charge >= 0.3 is 0 Å². The number of fused-ring (bicyclic) bond motifs is 4. The average Bonchev–Trinajstić information content (AvgIpc) is 3.29. The zero-order chi connectivity index (χ0) is 42.3. The first-order chi connectivity index (χ1) is 29.9. The van der Waals surface area contributed by atoms with Crippen molar-refractivity contribution in [2.75, 3.05) is 33.5 Å². The minimum atomic E-state index is -1.34. The number of nitrogens with zero attached hydrogens (tertiary/aromatic N) is 2. The van der Waals surface area contributed by atoms with Gasteiger partial charge in [0.1, 0.15) is 30.4 Å². The zero-order valence-corrected chi connectivity index (χ0v) is 35.4. The van der Waals surface area contributed by atoms with Crippen molar-refractivity contribution in [1.82, 2.24) is 4.90 Å². The van der Waals surface area contributed by atoms with Crippen LogP contribution >= 0.6 is 0 Å². The van der Waals surface area contributed by atoms with E-state index in [2.05, 4.69) is 56.0 Å². The van der Waals surface area contributed by atoms with Crippen LogP contribution in [0.1, 0.15) is 80.1 Å². The van der Waals surface area contributed by atoms with Crippen molar-refractivity contribution < 1.29 is 34.1 Å². The number of hydrogen-bond donors (Lipinski definition) is 2. The van der Waals surface area contributed by atoms with Gasteiger partial charge in [-0.25, -0.2) is 0 Å². The number of amides is 1. The molecule has 1 saturated carbocycles. The molecule has 2 aliphatic carbocycles. The van der Waals surface area contributed by atoms with E-state index in [9.17, 15) is 10.2 Å².